The predicted octanol–water partition coefficient (Wildman–Crippen LogP) is 2.05. The van der Waals surface area contributed by atoms with E-state index in [1.54, 1.807) is 6.92 Å². The number of hydrogen-bond donors (Lipinski definition) is 0. The fourth-order valence-corrected chi connectivity index (χ4v) is 1.63. The summed E-state index contributed by atoms with van der Waals surface area (Å²) in [5.74, 6) is 0. The van der Waals surface area contributed by atoms with Crippen LogP contribution < -0.4 is 4.46 Å². The quantitative estimate of drug-likeness (QED) is 0.644. The Morgan fingerprint density at radius 1 is 1.00 bits per heavy atom. The van der Waals surface area contributed by atoms with Gasteiger partial charge in [-0.25, -0.2) is 0 Å². The summed E-state index contributed by atoms with van der Waals surface area (Å²) >= 11 is -5.72. The number of halogens is 3. The van der Waals surface area contributed by atoms with Crippen molar-refractivity contribution in [1.82, 2.24) is 0 Å². The molecule has 0 amide bonds. The molecule has 0 saturated carbocycles. The monoisotopic (exact) mass is 228 g/mol. The first kappa shape index (κ1) is 8.62. The van der Waals surface area contributed by atoms with E-state index in [1.807, 2.05) is 0 Å². The number of aryl methyl sites for hydroxylation is 1. The van der Waals surface area contributed by atoms with Gasteiger partial charge < -0.3 is 0 Å². The Morgan fingerprint density at radius 3 is 1.82 bits per heavy atom. The van der Waals surface area contributed by atoms with Crippen LogP contribution in [0.3, 0.4) is 0 Å². The summed E-state index contributed by atoms with van der Waals surface area (Å²) in [6.45, 7) is 1.77. The van der Waals surface area contributed by atoms with Crippen LogP contribution in [0.15, 0.2) is 24.3 Å². The van der Waals surface area contributed by atoms with Gasteiger partial charge >= 0.3 is 66.1 Å². The summed E-state index contributed by atoms with van der Waals surface area (Å²) in [4.78, 5) is 0. The molecule has 0 aliphatic heterocycles. The Balaban J connectivity index is 2.99. The van der Waals surface area contributed by atoms with E-state index in [-0.39, 0.29) is 0 Å². The Labute approximate surface area is 66.7 Å². The fourth-order valence-electron chi connectivity index (χ4n) is 0.693. The topological polar surface area (TPSA) is 0 Å². The van der Waals surface area contributed by atoms with Gasteiger partial charge in [-0.3, -0.25) is 0 Å². The number of benzene rings is 1. The SMILES string of the molecule is Cc1ccc([Se](F)(F)F)cc1. The Hall–Kier alpha value is -0.471. The maximum absolute atomic E-state index is 12.1. The van der Waals surface area contributed by atoms with Gasteiger partial charge in [0, 0.05) is 0 Å². The van der Waals surface area contributed by atoms with E-state index < -0.39 is 18.7 Å². The number of hydrogen-bond acceptors (Lipinski definition) is 0. The second-order valence-corrected chi connectivity index (χ2v) is 4.91. The van der Waals surface area contributed by atoms with Crippen molar-refractivity contribution in [3.05, 3.63) is 29.8 Å². The zero-order valence-corrected chi connectivity index (χ0v) is 7.56. The molecule has 0 saturated heterocycles. The van der Waals surface area contributed by atoms with Crippen LogP contribution in [0, 0.1) is 6.92 Å². The molecule has 0 fully saturated rings. The van der Waals surface area contributed by atoms with Crippen LogP contribution in [0.4, 0.5) is 10.7 Å². The predicted molar refractivity (Wildman–Crippen MR) is 39.9 cm³/mol. The molecule has 0 nitrogen and oxygen atoms in total. The summed E-state index contributed by atoms with van der Waals surface area (Å²) in [7, 11) is 0. The third-order valence-electron chi connectivity index (χ3n) is 1.29. The van der Waals surface area contributed by atoms with Gasteiger partial charge in [-0.1, -0.05) is 0 Å². The molecule has 0 unspecified atom stereocenters. The van der Waals surface area contributed by atoms with Gasteiger partial charge in [-0.15, -0.1) is 0 Å². The normalized spacial score (nSPS) is 13.1. The summed E-state index contributed by atoms with van der Waals surface area (Å²) in [5.41, 5.74) is 0.856. The van der Waals surface area contributed by atoms with Crippen molar-refractivity contribution >= 4 is 18.7 Å². The zero-order valence-electron chi connectivity index (χ0n) is 5.85. The van der Waals surface area contributed by atoms with E-state index in [0.29, 0.717) is 0 Å². The van der Waals surface area contributed by atoms with Crippen molar-refractivity contribution in [3.63, 3.8) is 0 Å². The third kappa shape index (κ3) is 2.24. The summed E-state index contributed by atoms with van der Waals surface area (Å²) < 4.78 is 35.8. The fraction of sp³-hybridized carbons (Fsp3) is 0.143. The first-order chi connectivity index (χ1) is 5.00. The molecule has 1 aromatic carbocycles. The maximum atomic E-state index is 12.1. The van der Waals surface area contributed by atoms with E-state index in [4.69, 9.17) is 0 Å². The summed E-state index contributed by atoms with van der Waals surface area (Å²) in [5, 5.41) is 0. The molecule has 0 radical (unpaired) electrons. The molecule has 0 aliphatic rings. The van der Waals surface area contributed by atoms with E-state index >= 15 is 0 Å². The van der Waals surface area contributed by atoms with Crippen molar-refractivity contribution in [1.29, 1.82) is 0 Å². The molecule has 0 heterocycles. The molecule has 1 rings (SSSR count). The molecular formula is C7H7F3Se. The first-order valence-electron chi connectivity index (χ1n) is 2.99. The molecule has 0 N–H and O–H groups in total. The third-order valence-corrected chi connectivity index (χ3v) is 2.98. The van der Waals surface area contributed by atoms with Gasteiger partial charge in [0.25, 0.3) is 0 Å². The van der Waals surface area contributed by atoms with Gasteiger partial charge in [0.2, 0.25) is 0 Å². The van der Waals surface area contributed by atoms with Crippen LogP contribution in [0.1, 0.15) is 5.56 Å². The van der Waals surface area contributed by atoms with E-state index in [2.05, 4.69) is 0 Å². The molecule has 0 atom stereocenters. The number of rotatable bonds is 1. The van der Waals surface area contributed by atoms with Crippen LogP contribution in [0.25, 0.3) is 0 Å². The van der Waals surface area contributed by atoms with Crippen LogP contribution in [-0.2, 0) is 0 Å². The standard InChI is InChI=1S/C7H7F3Se/c1-6-2-4-7(5-3-6)11(8,9)10/h2-5H,1H3. The minimum absolute atomic E-state index is 0.438. The van der Waals surface area contributed by atoms with E-state index in [0.717, 1.165) is 17.7 Å². The molecular weight excluding hydrogens is 220 g/mol. The Bertz CT molecular complexity index is 237. The van der Waals surface area contributed by atoms with E-state index in [1.165, 1.54) is 12.1 Å². The zero-order chi connectivity index (χ0) is 8.48. The van der Waals surface area contributed by atoms with Crippen LogP contribution in [0.5, 0.6) is 0 Å². The first-order valence-corrected chi connectivity index (χ1v) is 5.79. The van der Waals surface area contributed by atoms with Gasteiger partial charge in [0.1, 0.15) is 0 Å². The summed E-state index contributed by atoms with van der Waals surface area (Å²) in [6, 6.07) is 5.27. The van der Waals surface area contributed by atoms with Gasteiger partial charge in [-0.05, 0) is 0 Å². The van der Waals surface area contributed by atoms with Gasteiger partial charge in [-0.2, -0.15) is 0 Å². The molecule has 0 aliphatic carbocycles. The second-order valence-electron chi connectivity index (χ2n) is 2.22. The van der Waals surface area contributed by atoms with Gasteiger partial charge in [0.15, 0.2) is 0 Å². The van der Waals surface area contributed by atoms with Crippen molar-refractivity contribution in [2.75, 3.05) is 0 Å². The molecule has 0 spiro atoms. The van der Waals surface area contributed by atoms with E-state index in [9.17, 15) is 10.7 Å². The van der Waals surface area contributed by atoms with Crippen molar-refractivity contribution < 1.29 is 10.7 Å². The Kier molecular flexibility index (Phi) is 2.25. The van der Waals surface area contributed by atoms with Crippen LogP contribution in [0.2, 0.25) is 0 Å². The average Bonchev–Trinajstić information content (AvgIpc) is 1.86. The molecule has 62 valence electrons. The molecule has 11 heavy (non-hydrogen) atoms. The second kappa shape index (κ2) is 2.87. The molecule has 1 aromatic rings. The van der Waals surface area contributed by atoms with Crippen molar-refractivity contribution in [2.45, 2.75) is 6.92 Å². The van der Waals surface area contributed by atoms with Crippen LogP contribution >= 0.6 is 0 Å². The average molecular weight is 227 g/mol. The van der Waals surface area contributed by atoms with Crippen molar-refractivity contribution in [2.24, 2.45) is 0 Å². The Morgan fingerprint density at radius 2 is 1.45 bits per heavy atom. The minimum atomic E-state index is -5.72. The van der Waals surface area contributed by atoms with Crippen LogP contribution in [-0.4, -0.2) is 14.2 Å². The summed E-state index contributed by atoms with van der Waals surface area (Å²) in [6.07, 6.45) is 0. The van der Waals surface area contributed by atoms with Gasteiger partial charge in [0.05, 0.1) is 0 Å². The molecule has 4 heteroatoms. The van der Waals surface area contributed by atoms with Crippen molar-refractivity contribution in [3.8, 4) is 0 Å². The molecule has 0 aromatic heterocycles. The molecule has 0 bridgehead atoms.